The molecule has 0 radical (unpaired) electrons. The molecule has 5 heteroatoms. The molecule has 0 spiro atoms. The number of methoxy groups -OCH3 is 1. The van der Waals surface area contributed by atoms with Crippen LogP contribution < -0.4 is 0 Å². The number of aromatic nitrogens is 2. The molecule has 1 fully saturated rings. The van der Waals surface area contributed by atoms with Crippen molar-refractivity contribution in [2.24, 2.45) is 0 Å². The van der Waals surface area contributed by atoms with Crippen LogP contribution in [-0.4, -0.2) is 47.4 Å². The van der Waals surface area contributed by atoms with Crippen molar-refractivity contribution in [1.29, 1.82) is 0 Å². The Morgan fingerprint density at radius 2 is 2.50 bits per heavy atom. The van der Waals surface area contributed by atoms with E-state index in [-0.39, 0.29) is 12.5 Å². The highest BCUT2D eigenvalue weighted by Crippen LogP contribution is 2.20. The summed E-state index contributed by atoms with van der Waals surface area (Å²) >= 11 is 0. The fraction of sp³-hybridized carbons (Fsp3) is 0.636. The molecule has 16 heavy (non-hydrogen) atoms. The number of nitrogens with zero attached hydrogens (tertiary/aromatic N) is 3. The van der Waals surface area contributed by atoms with E-state index in [0.717, 1.165) is 25.9 Å². The average Bonchev–Trinajstić information content (AvgIpc) is 2.83. The Labute approximate surface area is 95.0 Å². The van der Waals surface area contributed by atoms with Gasteiger partial charge < -0.3 is 9.64 Å². The monoisotopic (exact) mass is 223 g/mol. The third-order valence-corrected chi connectivity index (χ3v) is 2.92. The minimum absolute atomic E-state index is 0.0688. The summed E-state index contributed by atoms with van der Waals surface area (Å²) in [6, 6.07) is 2.22. The number of piperidine rings is 1. The van der Waals surface area contributed by atoms with E-state index in [4.69, 9.17) is 4.74 Å². The molecule has 1 aliphatic rings. The molecule has 1 aromatic heterocycles. The molecule has 0 saturated carbocycles. The van der Waals surface area contributed by atoms with Gasteiger partial charge in [0.1, 0.15) is 6.61 Å². The van der Waals surface area contributed by atoms with Crippen molar-refractivity contribution in [2.75, 3.05) is 26.8 Å². The summed E-state index contributed by atoms with van der Waals surface area (Å²) in [4.78, 5) is 13.5. The topological polar surface area (TPSA) is 47.4 Å². The number of likely N-dealkylation sites (tertiary alicyclic amines) is 1. The summed E-state index contributed by atoms with van der Waals surface area (Å²) in [7, 11) is 1.55. The second kappa shape index (κ2) is 5.12. The van der Waals surface area contributed by atoms with Crippen LogP contribution in [-0.2, 0) is 9.53 Å². The first-order chi connectivity index (χ1) is 7.81. The molecule has 0 N–H and O–H groups in total. The lowest BCUT2D eigenvalue weighted by atomic mass is 10.1. The molecule has 1 atom stereocenters. The van der Waals surface area contributed by atoms with Crippen LogP contribution in [0.15, 0.2) is 18.5 Å². The molecular weight excluding hydrogens is 206 g/mol. The first kappa shape index (κ1) is 11.1. The van der Waals surface area contributed by atoms with Crippen molar-refractivity contribution in [1.82, 2.24) is 14.7 Å². The molecule has 1 amide bonds. The minimum Gasteiger partial charge on any atom is -0.375 e. The van der Waals surface area contributed by atoms with Gasteiger partial charge in [-0.05, 0) is 18.9 Å². The fourth-order valence-corrected chi connectivity index (χ4v) is 2.11. The zero-order chi connectivity index (χ0) is 11.4. The van der Waals surface area contributed by atoms with Crippen LogP contribution in [0.3, 0.4) is 0 Å². The van der Waals surface area contributed by atoms with Crippen molar-refractivity contribution >= 4 is 5.91 Å². The molecule has 1 unspecified atom stereocenters. The van der Waals surface area contributed by atoms with Gasteiger partial charge in [0.15, 0.2) is 0 Å². The van der Waals surface area contributed by atoms with Crippen LogP contribution >= 0.6 is 0 Å². The number of hydrogen-bond donors (Lipinski definition) is 0. The van der Waals surface area contributed by atoms with Gasteiger partial charge >= 0.3 is 0 Å². The SMILES string of the molecule is COCC(=O)N1CCCC(n2cccn2)C1. The second-order valence-corrected chi connectivity index (χ2v) is 4.05. The molecule has 5 nitrogen and oxygen atoms in total. The van der Waals surface area contributed by atoms with Gasteiger partial charge in [-0.15, -0.1) is 0 Å². The predicted molar refractivity (Wildman–Crippen MR) is 59.0 cm³/mol. The second-order valence-electron chi connectivity index (χ2n) is 4.05. The zero-order valence-corrected chi connectivity index (χ0v) is 9.50. The number of rotatable bonds is 3. The Bertz CT molecular complexity index is 337. The normalized spacial score (nSPS) is 21.1. The van der Waals surface area contributed by atoms with E-state index in [1.165, 1.54) is 0 Å². The summed E-state index contributed by atoms with van der Waals surface area (Å²) in [5.41, 5.74) is 0. The van der Waals surface area contributed by atoms with Gasteiger partial charge in [0, 0.05) is 32.6 Å². The van der Waals surface area contributed by atoms with Crippen molar-refractivity contribution in [3.63, 3.8) is 0 Å². The van der Waals surface area contributed by atoms with Gasteiger partial charge in [-0.1, -0.05) is 0 Å². The number of carbonyl (C=O) groups excluding carboxylic acids is 1. The van der Waals surface area contributed by atoms with Gasteiger partial charge in [-0.3, -0.25) is 9.48 Å². The summed E-state index contributed by atoms with van der Waals surface area (Å²) in [5.74, 6) is 0.0688. The van der Waals surface area contributed by atoms with E-state index in [1.807, 2.05) is 21.8 Å². The highest BCUT2D eigenvalue weighted by Gasteiger charge is 2.24. The first-order valence-corrected chi connectivity index (χ1v) is 5.57. The molecule has 1 aromatic rings. The first-order valence-electron chi connectivity index (χ1n) is 5.57. The van der Waals surface area contributed by atoms with Crippen LogP contribution in [0.25, 0.3) is 0 Å². The van der Waals surface area contributed by atoms with E-state index in [0.29, 0.717) is 6.04 Å². The Hall–Kier alpha value is -1.36. The third-order valence-electron chi connectivity index (χ3n) is 2.92. The van der Waals surface area contributed by atoms with E-state index < -0.39 is 0 Å². The van der Waals surface area contributed by atoms with Crippen molar-refractivity contribution < 1.29 is 9.53 Å². The molecule has 2 rings (SSSR count). The maximum atomic E-state index is 11.7. The Balaban J connectivity index is 1.96. The van der Waals surface area contributed by atoms with E-state index in [2.05, 4.69) is 5.10 Å². The van der Waals surface area contributed by atoms with Gasteiger partial charge in [0.05, 0.1) is 6.04 Å². The predicted octanol–water partition coefficient (Wildman–Crippen LogP) is 0.693. The molecule has 1 aliphatic heterocycles. The van der Waals surface area contributed by atoms with E-state index in [1.54, 1.807) is 13.3 Å². The molecule has 88 valence electrons. The van der Waals surface area contributed by atoms with Gasteiger partial charge in [0.25, 0.3) is 0 Å². The lowest BCUT2D eigenvalue weighted by Gasteiger charge is -2.32. The van der Waals surface area contributed by atoms with E-state index in [9.17, 15) is 4.79 Å². The highest BCUT2D eigenvalue weighted by atomic mass is 16.5. The van der Waals surface area contributed by atoms with Crippen LogP contribution in [0.2, 0.25) is 0 Å². The molecule has 0 aromatic carbocycles. The summed E-state index contributed by atoms with van der Waals surface area (Å²) in [6.07, 6.45) is 5.84. The van der Waals surface area contributed by atoms with Gasteiger partial charge in [-0.2, -0.15) is 5.10 Å². The Morgan fingerprint density at radius 3 is 3.19 bits per heavy atom. The lowest BCUT2D eigenvalue weighted by Crippen LogP contribution is -2.42. The quantitative estimate of drug-likeness (QED) is 0.757. The molecular formula is C11H17N3O2. The fourth-order valence-electron chi connectivity index (χ4n) is 2.11. The average molecular weight is 223 g/mol. The maximum Gasteiger partial charge on any atom is 0.248 e. The third kappa shape index (κ3) is 2.41. The van der Waals surface area contributed by atoms with Gasteiger partial charge in [-0.25, -0.2) is 0 Å². The maximum absolute atomic E-state index is 11.7. The van der Waals surface area contributed by atoms with Crippen LogP contribution in [0.4, 0.5) is 0 Å². The number of hydrogen-bond acceptors (Lipinski definition) is 3. The van der Waals surface area contributed by atoms with E-state index >= 15 is 0 Å². The standard InChI is InChI=1S/C11H17N3O2/c1-16-9-11(15)13-6-2-4-10(8-13)14-7-3-5-12-14/h3,5,7,10H,2,4,6,8-9H2,1H3. The number of amides is 1. The molecule has 0 bridgehead atoms. The number of carbonyl (C=O) groups is 1. The lowest BCUT2D eigenvalue weighted by molar-refractivity contribution is -0.136. The van der Waals surface area contributed by atoms with Crippen LogP contribution in [0.1, 0.15) is 18.9 Å². The summed E-state index contributed by atoms with van der Waals surface area (Å²) in [5, 5.41) is 4.23. The smallest absolute Gasteiger partial charge is 0.248 e. The highest BCUT2D eigenvalue weighted by molar-refractivity contribution is 5.77. The summed E-state index contributed by atoms with van der Waals surface area (Å²) < 4.78 is 6.81. The Morgan fingerprint density at radius 1 is 1.62 bits per heavy atom. The van der Waals surface area contributed by atoms with Crippen molar-refractivity contribution in [2.45, 2.75) is 18.9 Å². The largest absolute Gasteiger partial charge is 0.375 e. The van der Waals surface area contributed by atoms with Crippen LogP contribution in [0, 0.1) is 0 Å². The van der Waals surface area contributed by atoms with Crippen molar-refractivity contribution in [3.8, 4) is 0 Å². The number of ether oxygens (including phenoxy) is 1. The molecule has 1 saturated heterocycles. The van der Waals surface area contributed by atoms with Crippen LogP contribution in [0.5, 0.6) is 0 Å². The molecule has 0 aliphatic carbocycles. The summed E-state index contributed by atoms with van der Waals surface area (Å²) in [6.45, 7) is 1.75. The Kier molecular flexibility index (Phi) is 3.56. The zero-order valence-electron chi connectivity index (χ0n) is 9.50. The van der Waals surface area contributed by atoms with Crippen molar-refractivity contribution in [3.05, 3.63) is 18.5 Å². The van der Waals surface area contributed by atoms with Gasteiger partial charge in [0.2, 0.25) is 5.91 Å². The molecule has 2 heterocycles. The minimum atomic E-state index is 0.0688.